The molecule has 0 rings (SSSR count). The van der Waals surface area contributed by atoms with Crippen LogP contribution in [0.5, 0.6) is 0 Å². The first-order valence-electron chi connectivity index (χ1n) is 14.9. The molecule has 0 spiro atoms. The van der Waals surface area contributed by atoms with Gasteiger partial charge in [-0.15, -0.1) is 0 Å². The summed E-state index contributed by atoms with van der Waals surface area (Å²) in [6.45, 7) is 6.71. The van der Waals surface area contributed by atoms with E-state index in [1.807, 2.05) is 0 Å². The average molecular weight is 453 g/mol. The van der Waals surface area contributed by atoms with Crippen LogP contribution in [0.4, 0.5) is 0 Å². The van der Waals surface area contributed by atoms with Crippen LogP contribution >= 0.6 is 0 Å². The van der Waals surface area contributed by atoms with Gasteiger partial charge >= 0.3 is 5.97 Å². The van der Waals surface area contributed by atoms with Crippen molar-refractivity contribution >= 4 is 5.97 Å². The lowest BCUT2D eigenvalue weighted by Crippen LogP contribution is -2.17. The highest BCUT2D eigenvalue weighted by Crippen LogP contribution is 2.16. The minimum absolute atomic E-state index is 0.0378. The molecular weight excluding hydrogens is 392 g/mol. The van der Waals surface area contributed by atoms with Crippen molar-refractivity contribution in [2.75, 3.05) is 0 Å². The zero-order valence-corrected chi connectivity index (χ0v) is 22.6. The SMILES string of the molecule is CCCCCCCCCCCCCC(=O)O[C@@H](CC)CCCCCCCCCCCCC. The molecule has 1 atom stereocenters. The Kier molecular flexibility index (Phi) is 26.3. The first-order valence-corrected chi connectivity index (χ1v) is 14.9. The maximum atomic E-state index is 12.2. The largest absolute Gasteiger partial charge is 0.462 e. The summed E-state index contributed by atoms with van der Waals surface area (Å²) in [7, 11) is 0. The molecule has 0 N–H and O–H groups in total. The fourth-order valence-corrected chi connectivity index (χ4v) is 4.56. The fraction of sp³-hybridized carbons (Fsp3) is 0.967. The Morgan fingerprint density at radius 2 is 0.844 bits per heavy atom. The second kappa shape index (κ2) is 26.7. The molecule has 0 bridgehead atoms. The van der Waals surface area contributed by atoms with Gasteiger partial charge in [-0.05, 0) is 25.7 Å². The zero-order valence-electron chi connectivity index (χ0n) is 22.6. The lowest BCUT2D eigenvalue weighted by atomic mass is 10.0. The van der Waals surface area contributed by atoms with Gasteiger partial charge in [0.15, 0.2) is 0 Å². The predicted octanol–water partition coefficient (Wildman–Crippen LogP) is 10.7. The van der Waals surface area contributed by atoms with Gasteiger partial charge in [-0.3, -0.25) is 4.79 Å². The highest BCUT2D eigenvalue weighted by atomic mass is 16.5. The summed E-state index contributed by atoms with van der Waals surface area (Å²) < 4.78 is 5.74. The van der Waals surface area contributed by atoms with Crippen LogP contribution in [0.15, 0.2) is 0 Å². The molecule has 192 valence electrons. The molecule has 0 radical (unpaired) electrons. The summed E-state index contributed by atoms with van der Waals surface area (Å²) in [4.78, 5) is 12.2. The van der Waals surface area contributed by atoms with Crippen molar-refractivity contribution in [2.45, 2.75) is 187 Å². The zero-order chi connectivity index (χ0) is 23.5. The van der Waals surface area contributed by atoms with Crippen molar-refractivity contribution in [3.63, 3.8) is 0 Å². The first-order chi connectivity index (χ1) is 15.7. The van der Waals surface area contributed by atoms with Crippen LogP contribution in [0, 0.1) is 0 Å². The smallest absolute Gasteiger partial charge is 0.306 e. The highest BCUT2D eigenvalue weighted by molar-refractivity contribution is 5.69. The van der Waals surface area contributed by atoms with E-state index in [9.17, 15) is 4.79 Å². The van der Waals surface area contributed by atoms with E-state index in [1.165, 1.54) is 135 Å². The number of esters is 1. The maximum Gasteiger partial charge on any atom is 0.306 e. The Balaban J connectivity index is 3.44. The van der Waals surface area contributed by atoms with E-state index in [0.717, 1.165) is 19.3 Å². The fourth-order valence-electron chi connectivity index (χ4n) is 4.56. The lowest BCUT2D eigenvalue weighted by molar-refractivity contribution is -0.149. The Bertz CT molecular complexity index is 366. The molecule has 0 heterocycles. The Hall–Kier alpha value is -0.530. The van der Waals surface area contributed by atoms with E-state index >= 15 is 0 Å². The lowest BCUT2D eigenvalue weighted by Gasteiger charge is -2.16. The Morgan fingerprint density at radius 3 is 1.22 bits per heavy atom. The molecule has 0 unspecified atom stereocenters. The molecule has 0 fully saturated rings. The van der Waals surface area contributed by atoms with E-state index in [0.29, 0.717) is 6.42 Å². The van der Waals surface area contributed by atoms with Crippen LogP contribution < -0.4 is 0 Å². The third-order valence-corrected chi connectivity index (χ3v) is 6.87. The molecular formula is C30H60O2. The van der Waals surface area contributed by atoms with Gasteiger partial charge in [0.2, 0.25) is 0 Å². The molecule has 0 aliphatic heterocycles. The summed E-state index contributed by atoms with van der Waals surface area (Å²) in [6, 6.07) is 0. The number of unbranched alkanes of at least 4 members (excludes halogenated alkanes) is 20. The van der Waals surface area contributed by atoms with Crippen molar-refractivity contribution in [3.8, 4) is 0 Å². The monoisotopic (exact) mass is 452 g/mol. The van der Waals surface area contributed by atoms with Crippen molar-refractivity contribution in [2.24, 2.45) is 0 Å². The van der Waals surface area contributed by atoms with Crippen molar-refractivity contribution in [1.29, 1.82) is 0 Å². The number of hydrogen-bond donors (Lipinski definition) is 0. The molecule has 0 saturated carbocycles. The number of carbonyl (C=O) groups excluding carboxylic acids is 1. The summed E-state index contributed by atoms with van der Waals surface area (Å²) in [5, 5.41) is 0. The minimum Gasteiger partial charge on any atom is -0.462 e. The van der Waals surface area contributed by atoms with Gasteiger partial charge in [-0.1, -0.05) is 149 Å². The molecule has 0 aromatic rings. The van der Waals surface area contributed by atoms with E-state index in [4.69, 9.17) is 4.74 Å². The van der Waals surface area contributed by atoms with Gasteiger partial charge in [0.05, 0.1) is 0 Å². The van der Waals surface area contributed by atoms with Crippen LogP contribution in [0.3, 0.4) is 0 Å². The van der Waals surface area contributed by atoms with Crippen LogP contribution in [-0.4, -0.2) is 12.1 Å². The summed E-state index contributed by atoms with van der Waals surface area (Å²) in [5.74, 6) is 0.0378. The van der Waals surface area contributed by atoms with Gasteiger partial charge in [0, 0.05) is 6.42 Å². The standard InChI is InChI=1S/C30H60O2/c1-4-7-9-11-13-15-17-19-21-23-25-27-29(6-3)32-30(31)28-26-24-22-20-18-16-14-12-10-8-5-2/h29H,4-28H2,1-3H3/t29-/m0/s1. The summed E-state index contributed by atoms with van der Waals surface area (Å²) >= 11 is 0. The quantitative estimate of drug-likeness (QED) is 0.0963. The number of rotatable bonds is 26. The summed E-state index contributed by atoms with van der Waals surface area (Å²) in [5.41, 5.74) is 0. The van der Waals surface area contributed by atoms with Crippen molar-refractivity contribution in [1.82, 2.24) is 0 Å². The van der Waals surface area contributed by atoms with Gasteiger partial charge in [-0.25, -0.2) is 0 Å². The molecule has 0 saturated heterocycles. The van der Waals surface area contributed by atoms with E-state index in [1.54, 1.807) is 0 Å². The minimum atomic E-state index is 0.0378. The Morgan fingerprint density at radius 1 is 0.500 bits per heavy atom. The average Bonchev–Trinajstić information content (AvgIpc) is 2.80. The number of hydrogen-bond acceptors (Lipinski definition) is 2. The number of carbonyl (C=O) groups is 1. The van der Waals surface area contributed by atoms with Crippen LogP contribution in [0.2, 0.25) is 0 Å². The van der Waals surface area contributed by atoms with E-state index in [-0.39, 0.29) is 12.1 Å². The Labute approximate surface area is 203 Å². The molecule has 2 heteroatoms. The third-order valence-electron chi connectivity index (χ3n) is 6.87. The van der Waals surface area contributed by atoms with Gasteiger partial charge in [-0.2, -0.15) is 0 Å². The normalized spacial score (nSPS) is 12.2. The molecule has 0 aromatic heterocycles. The van der Waals surface area contributed by atoms with Crippen molar-refractivity contribution in [3.05, 3.63) is 0 Å². The van der Waals surface area contributed by atoms with Gasteiger partial charge < -0.3 is 4.74 Å². The molecule has 32 heavy (non-hydrogen) atoms. The number of ether oxygens (including phenoxy) is 1. The molecule has 0 aromatic carbocycles. The van der Waals surface area contributed by atoms with Crippen LogP contribution in [0.1, 0.15) is 181 Å². The molecule has 0 aliphatic carbocycles. The van der Waals surface area contributed by atoms with Crippen LogP contribution in [0.25, 0.3) is 0 Å². The van der Waals surface area contributed by atoms with E-state index in [2.05, 4.69) is 20.8 Å². The maximum absolute atomic E-state index is 12.2. The molecule has 0 amide bonds. The van der Waals surface area contributed by atoms with Crippen LogP contribution in [-0.2, 0) is 9.53 Å². The molecule has 0 aliphatic rings. The third kappa shape index (κ3) is 24.1. The second-order valence-electron chi connectivity index (χ2n) is 10.1. The first kappa shape index (κ1) is 31.5. The topological polar surface area (TPSA) is 26.3 Å². The van der Waals surface area contributed by atoms with Crippen molar-refractivity contribution < 1.29 is 9.53 Å². The second-order valence-corrected chi connectivity index (χ2v) is 10.1. The van der Waals surface area contributed by atoms with E-state index < -0.39 is 0 Å². The molecule has 2 nitrogen and oxygen atoms in total. The summed E-state index contributed by atoms with van der Waals surface area (Å²) in [6.07, 6.45) is 32.4. The predicted molar refractivity (Wildman–Crippen MR) is 142 cm³/mol. The van der Waals surface area contributed by atoms with Gasteiger partial charge in [0.25, 0.3) is 0 Å². The van der Waals surface area contributed by atoms with Gasteiger partial charge in [0.1, 0.15) is 6.10 Å². The highest BCUT2D eigenvalue weighted by Gasteiger charge is 2.12.